The molecule has 302 valence electrons. The smallest absolute Gasteiger partial charge is 0.164 e. The molecule has 0 aliphatic heterocycles. The van der Waals surface area contributed by atoms with Crippen molar-refractivity contribution in [1.29, 1.82) is 0 Å². The molecular formula is C62H39N3. The van der Waals surface area contributed by atoms with Crippen LogP contribution in [0.1, 0.15) is 22.3 Å². The second kappa shape index (κ2) is 14.8. The van der Waals surface area contributed by atoms with E-state index < -0.39 is 5.41 Å². The monoisotopic (exact) mass is 825 g/mol. The molecule has 65 heavy (non-hydrogen) atoms. The minimum atomic E-state index is -0.480. The first kappa shape index (κ1) is 37.1. The van der Waals surface area contributed by atoms with E-state index in [1.165, 1.54) is 55.6 Å². The lowest BCUT2D eigenvalue weighted by molar-refractivity contribution is 0.796. The van der Waals surface area contributed by atoms with Crippen LogP contribution in [0.2, 0.25) is 0 Å². The summed E-state index contributed by atoms with van der Waals surface area (Å²) in [6.45, 7) is 0. The average Bonchev–Trinajstić information content (AvgIpc) is 3.86. The summed E-state index contributed by atoms with van der Waals surface area (Å²) in [5, 5.41) is 2.22. The molecule has 1 spiro atoms. The molecule has 0 N–H and O–H groups in total. The van der Waals surface area contributed by atoms with Crippen LogP contribution < -0.4 is 0 Å². The lowest BCUT2D eigenvalue weighted by Crippen LogP contribution is -2.26. The molecule has 1 heterocycles. The summed E-state index contributed by atoms with van der Waals surface area (Å²) >= 11 is 0. The van der Waals surface area contributed by atoms with Crippen LogP contribution in [0.25, 0.3) is 101 Å². The number of hydrogen-bond donors (Lipinski definition) is 0. The van der Waals surface area contributed by atoms with E-state index in [1.807, 2.05) is 0 Å². The molecule has 0 unspecified atom stereocenters. The molecule has 0 amide bonds. The number of hydrogen-bond acceptors (Lipinski definition) is 3. The summed E-state index contributed by atoms with van der Waals surface area (Å²) in [5.74, 6) is 1.87. The maximum Gasteiger partial charge on any atom is 0.164 e. The Morgan fingerprint density at radius 3 is 1.03 bits per heavy atom. The first-order valence-electron chi connectivity index (χ1n) is 22.3. The van der Waals surface area contributed by atoms with Crippen LogP contribution >= 0.6 is 0 Å². The predicted octanol–water partition coefficient (Wildman–Crippen LogP) is 15.4. The van der Waals surface area contributed by atoms with E-state index in [0.29, 0.717) is 17.5 Å². The molecule has 0 fully saturated rings. The Morgan fingerprint density at radius 2 is 0.538 bits per heavy atom. The van der Waals surface area contributed by atoms with E-state index in [4.69, 9.17) is 15.0 Å². The van der Waals surface area contributed by atoms with E-state index >= 15 is 0 Å². The Hall–Kier alpha value is -8.53. The average molecular weight is 826 g/mol. The summed E-state index contributed by atoms with van der Waals surface area (Å²) in [6, 6.07) is 85.1. The number of aromatic nitrogens is 3. The van der Waals surface area contributed by atoms with Gasteiger partial charge in [-0.15, -0.1) is 0 Å². The van der Waals surface area contributed by atoms with Crippen LogP contribution in [0.5, 0.6) is 0 Å². The van der Waals surface area contributed by atoms with Gasteiger partial charge in [0.2, 0.25) is 0 Å². The summed E-state index contributed by atoms with van der Waals surface area (Å²) in [7, 11) is 0. The van der Waals surface area contributed by atoms with Crippen molar-refractivity contribution in [3.63, 3.8) is 0 Å². The van der Waals surface area contributed by atoms with E-state index in [-0.39, 0.29) is 0 Å². The van der Waals surface area contributed by atoms with E-state index in [1.54, 1.807) is 0 Å². The molecule has 0 radical (unpaired) electrons. The van der Waals surface area contributed by atoms with Crippen molar-refractivity contribution in [3.05, 3.63) is 259 Å². The highest BCUT2D eigenvalue weighted by Gasteiger charge is 2.52. The lowest BCUT2D eigenvalue weighted by atomic mass is 9.68. The van der Waals surface area contributed by atoms with E-state index in [2.05, 4.69) is 237 Å². The Kier molecular flexibility index (Phi) is 8.44. The largest absolute Gasteiger partial charge is 0.208 e. The minimum Gasteiger partial charge on any atom is -0.208 e. The third-order valence-electron chi connectivity index (χ3n) is 13.6. The quantitative estimate of drug-likeness (QED) is 0.168. The Bertz CT molecular complexity index is 3500. The van der Waals surface area contributed by atoms with Gasteiger partial charge in [0.15, 0.2) is 17.5 Å². The zero-order chi connectivity index (χ0) is 42.9. The first-order chi connectivity index (χ1) is 32.3. The van der Waals surface area contributed by atoms with Gasteiger partial charge in [-0.1, -0.05) is 231 Å². The number of fused-ring (bicyclic) bond motifs is 11. The van der Waals surface area contributed by atoms with Gasteiger partial charge in [0, 0.05) is 16.7 Å². The molecule has 0 saturated carbocycles. The normalized spacial score (nSPS) is 12.7. The highest BCUT2D eigenvalue weighted by atomic mass is 15.0. The van der Waals surface area contributed by atoms with Crippen LogP contribution in [-0.4, -0.2) is 15.0 Å². The molecule has 13 rings (SSSR count). The van der Waals surface area contributed by atoms with Gasteiger partial charge in [-0.25, -0.2) is 15.0 Å². The molecule has 11 aromatic rings. The number of rotatable bonds is 6. The van der Waals surface area contributed by atoms with Crippen LogP contribution in [0.4, 0.5) is 0 Å². The molecule has 2 aliphatic carbocycles. The van der Waals surface area contributed by atoms with Gasteiger partial charge in [0.25, 0.3) is 0 Å². The second-order valence-electron chi connectivity index (χ2n) is 17.0. The van der Waals surface area contributed by atoms with E-state index in [9.17, 15) is 0 Å². The van der Waals surface area contributed by atoms with Crippen molar-refractivity contribution in [2.45, 2.75) is 5.41 Å². The Balaban J connectivity index is 1.06. The fourth-order valence-electron chi connectivity index (χ4n) is 10.9. The summed E-state index contributed by atoms with van der Waals surface area (Å²) < 4.78 is 0. The van der Waals surface area contributed by atoms with Crippen LogP contribution in [0.3, 0.4) is 0 Å². The molecule has 10 aromatic carbocycles. The van der Waals surface area contributed by atoms with Crippen molar-refractivity contribution in [2.75, 3.05) is 0 Å². The minimum absolute atomic E-state index is 0.480. The second-order valence-corrected chi connectivity index (χ2v) is 17.0. The van der Waals surface area contributed by atoms with E-state index in [0.717, 1.165) is 49.7 Å². The first-order valence-corrected chi connectivity index (χ1v) is 22.3. The van der Waals surface area contributed by atoms with Crippen molar-refractivity contribution in [1.82, 2.24) is 15.0 Å². The van der Waals surface area contributed by atoms with Gasteiger partial charge in [0.1, 0.15) is 0 Å². The van der Waals surface area contributed by atoms with Crippen molar-refractivity contribution < 1.29 is 0 Å². The maximum absolute atomic E-state index is 5.41. The summed E-state index contributed by atoms with van der Waals surface area (Å²) in [4.78, 5) is 16.2. The Morgan fingerprint density at radius 1 is 0.215 bits per heavy atom. The van der Waals surface area contributed by atoms with Crippen molar-refractivity contribution in [3.8, 4) is 89.8 Å². The molecule has 0 bridgehead atoms. The highest BCUT2D eigenvalue weighted by molar-refractivity contribution is 6.07. The third kappa shape index (κ3) is 5.59. The zero-order valence-corrected chi connectivity index (χ0v) is 35.4. The van der Waals surface area contributed by atoms with Gasteiger partial charge in [-0.2, -0.15) is 0 Å². The van der Waals surface area contributed by atoms with Crippen LogP contribution in [-0.2, 0) is 5.41 Å². The van der Waals surface area contributed by atoms with Crippen molar-refractivity contribution in [2.24, 2.45) is 0 Å². The van der Waals surface area contributed by atoms with Gasteiger partial charge >= 0.3 is 0 Å². The van der Waals surface area contributed by atoms with Crippen LogP contribution in [0, 0.1) is 0 Å². The van der Waals surface area contributed by atoms with Crippen LogP contribution in [0.15, 0.2) is 237 Å². The fraction of sp³-hybridized carbons (Fsp3) is 0.0161. The molecule has 0 atom stereocenters. The van der Waals surface area contributed by atoms with Crippen molar-refractivity contribution >= 4 is 10.8 Å². The highest BCUT2D eigenvalue weighted by Crippen LogP contribution is 2.64. The van der Waals surface area contributed by atoms with Gasteiger partial charge in [-0.05, 0) is 94.7 Å². The Labute approximate surface area is 378 Å². The maximum atomic E-state index is 5.41. The number of nitrogens with zero attached hydrogens (tertiary/aromatic N) is 3. The van der Waals surface area contributed by atoms with Gasteiger partial charge in [0.05, 0.1) is 5.41 Å². The molecule has 2 aliphatic rings. The van der Waals surface area contributed by atoms with Gasteiger partial charge < -0.3 is 0 Å². The number of benzene rings is 10. The molecular weight excluding hydrogens is 787 g/mol. The summed E-state index contributed by atoms with van der Waals surface area (Å²) in [5.41, 5.74) is 19.6. The standard InChI is InChI=1S/C62H39N3/c1-3-20-40(21-4-1)42-24-7-11-31-52(42)59-63-60(53-32-12-8-25-43(53)41-22-5-2-6-23-41)65-61(64-59)54-39-38-46(44-26-9-10-27-45(44)54)50-33-19-34-51-49-30-15-18-37-57(49)62(58(50)51)55-35-16-13-28-47(55)48-29-14-17-36-56(48)62/h1-39H. The fourth-order valence-corrected chi connectivity index (χ4v) is 10.9. The molecule has 3 nitrogen and oxygen atoms in total. The molecule has 1 aromatic heterocycles. The SMILES string of the molecule is c1ccc(-c2ccccc2-c2nc(-c3ccccc3-c3ccccc3)nc(-c3ccc(-c4cccc5c4C4(c6ccccc6-c6ccccc64)c4ccccc4-5)c4ccccc34)n2)cc1. The summed E-state index contributed by atoms with van der Waals surface area (Å²) in [6.07, 6.45) is 0. The zero-order valence-electron chi connectivity index (χ0n) is 35.4. The van der Waals surface area contributed by atoms with Gasteiger partial charge in [-0.3, -0.25) is 0 Å². The predicted molar refractivity (Wildman–Crippen MR) is 266 cm³/mol. The molecule has 3 heteroatoms. The molecule has 0 saturated heterocycles. The topological polar surface area (TPSA) is 38.7 Å². The third-order valence-corrected chi connectivity index (χ3v) is 13.6. The lowest BCUT2D eigenvalue weighted by Gasteiger charge is -2.32.